The fourth-order valence-corrected chi connectivity index (χ4v) is 4.15. The van der Waals surface area contributed by atoms with Gasteiger partial charge >= 0.3 is 0 Å². The lowest BCUT2D eigenvalue weighted by Gasteiger charge is -2.06. The van der Waals surface area contributed by atoms with Crippen molar-refractivity contribution in [2.75, 3.05) is 25.1 Å². The molecule has 20 heavy (non-hydrogen) atoms. The van der Waals surface area contributed by atoms with Gasteiger partial charge in [0, 0.05) is 24.6 Å². The lowest BCUT2D eigenvalue weighted by atomic mass is 10.2. The van der Waals surface area contributed by atoms with E-state index in [1.54, 1.807) is 11.3 Å². The van der Waals surface area contributed by atoms with Gasteiger partial charge in [-0.3, -0.25) is 0 Å². The van der Waals surface area contributed by atoms with Gasteiger partial charge in [0.15, 0.2) is 0 Å². The average Bonchev–Trinajstić information content (AvgIpc) is 2.98. The highest BCUT2D eigenvalue weighted by Crippen LogP contribution is 2.39. The lowest BCUT2D eigenvalue weighted by Crippen LogP contribution is -2.08. The van der Waals surface area contributed by atoms with E-state index in [-0.39, 0.29) is 0 Å². The van der Waals surface area contributed by atoms with Crippen LogP contribution in [0.3, 0.4) is 0 Å². The molecule has 6 heteroatoms. The van der Waals surface area contributed by atoms with Gasteiger partial charge < -0.3 is 10.1 Å². The third kappa shape index (κ3) is 2.75. The van der Waals surface area contributed by atoms with Gasteiger partial charge in [-0.1, -0.05) is 11.6 Å². The van der Waals surface area contributed by atoms with Crippen molar-refractivity contribution in [1.29, 1.82) is 0 Å². The molecule has 0 radical (unpaired) electrons. The van der Waals surface area contributed by atoms with Crippen LogP contribution >= 0.6 is 22.9 Å². The highest BCUT2D eigenvalue weighted by Gasteiger charge is 2.21. The molecule has 2 heterocycles. The molecule has 0 unspecified atom stereocenters. The first-order valence-corrected chi connectivity index (χ1v) is 8.28. The van der Waals surface area contributed by atoms with E-state index >= 15 is 0 Å². The molecule has 2 aromatic heterocycles. The maximum Gasteiger partial charge on any atom is 0.225 e. The summed E-state index contributed by atoms with van der Waals surface area (Å²) in [5.74, 6) is 0.624. The predicted molar refractivity (Wildman–Crippen MR) is 84.0 cm³/mol. The van der Waals surface area contributed by atoms with E-state index in [1.165, 1.54) is 16.9 Å². The molecule has 0 aliphatic heterocycles. The molecule has 0 spiro atoms. The number of anilines is 1. The zero-order valence-electron chi connectivity index (χ0n) is 11.5. The molecule has 4 nitrogen and oxygen atoms in total. The van der Waals surface area contributed by atoms with Gasteiger partial charge in [0.05, 0.1) is 5.39 Å². The predicted octanol–water partition coefficient (Wildman–Crippen LogP) is 3.67. The number of hydrogen-bond acceptors (Lipinski definition) is 5. The minimum absolute atomic E-state index is 0.585. The number of fused-ring (bicyclic) bond motifs is 3. The summed E-state index contributed by atoms with van der Waals surface area (Å²) in [6.07, 6.45) is 4.43. The van der Waals surface area contributed by atoms with Gasteiger partial charge in [0.25, 0.3) is 0 Å². The Bertz CT molecular complexity index is 614. The second kappa shape index (κ2) is 6.24. The molecule has 2 aromatic rings. The van der Waals surface area contributed by atoms with E-state index in [2.05, 4.69) is 15.3 Å². The van der Waals surface area contributed by atoms with E-state index in [4.69, 9.17) is 16.3 Å². The van der Waals surface area contributed by atoms with Gasteiger partial charge in [0.2, 0.25) is 5.95 Å². The number of thiophene rings is 1. The molecular weight excluding hydrogens is 294 g/mol. The van der Waals surface area contributed by atoms with Crippen LogP contribution in [0.4, 0.5) is 5.95 Å². The van der Waals surface area contributed by atoms with Crippen molar-refractivity contribution in [1.82, 2.24) is 9.97 Å². The van der Waals surface area contributed by atoms with Crippen molar-refractivity contribution in [3.05, 3.63) is 15.6 Å². The summed E-state index contributed by atoms with van der Waals surface area (Å²) in [6, 6.07) is 0. The molecule has 108 valence electrons. The molecular formula is C14H18ClN3OS. The Labute approximate surface area is 127 Å². The standard InChI is InChI=1S/C14H18ClN3OS/c1-2-19-8-4-7-16-14-17-12(15)11-9-5-3-6-10(9)20-13(11)18-14/h2-8H2,1H3,(H,16,17,18). The van der Waals surface area contributed by atoms with Crippen LogP contribution in [0.15, 0.2) is 0 Å². The van der Waals surface area contributed by atoms with Crippen LogP contribution in [0, 0.1) is 0 Å². The molecule has 0 saturated carbocycles. The van der Waals surface area contributed by atoms with Crippen molar-refractivity contribution in [2.45, 2.75) is 32.6 Å². The van der Waals surface area contributed by atoms with Gasteiger partial charge in [-0.05, 0) is 38.2 Å². The molecule has 0 saturated heterocycles. The Morgan fingerprint density at radius 3 is 3.10 bits per heavy atom. The Morgan fingerprint density at radius 1 is 1.35 bits per heavy atom. The SMILES string of the molecule is CCOCCCNc1nc(Cl)c2c3c(sc2n1)CCC3. The third-order valence-electron chi connectivity index (χ3n) is 3.47. The first-order chi connectivity index (χ1) is 9.79. The summed E-state index contributed by atoms with van der Waals surface area (Å²) in [6.45, 7) is 4.31. The molecule has 0 bridgehead atoms. The van der Waals surface area contributed by atoms with Crippen molar-refractivity contribution in [3.8, 4) is 0 Å². The number of ether oxygens (including phenoxy) is 1. The smallest absolute Gasteiger partial charge is 0.225 e. The summed E-state index contributed by atoms with van der Waals surface area (Å²) in [4.78, 5) is 11.4. The van der Waals surface area contributed by atoms with Crippen LogP contribution in [0.2, 0.25) is 5.15 Å². The number of nitrogens with zero attached hydrogens (tertiary/aromatic N) is 2. The van der Waals surface area contributed by atoms with Gasteiger partial charge in [0.1, 0.15) is 9.98 Å². The summed E-state index contributed by atoms with van der Waals surface area (Å²) in [5.41, 5.74) is 1.37. The normalized spacial score (nSPS) is 13.9. The third-order valence-corrected chi connectivity index (χ3v) is 4.93. The second-order valence-corrected chi connectivity index (χ2v) is 6.29. The maximum absolute atomic E-state index is 6.34. The lowest BCUT2D eigenvalue weighted by molar-refractivity contribution is 0.147. The quantitative estimate of drug-likeness (QED) is 0.653. The van der Waals surface area contributed by atoms with E-state index < -0.39 is 0 Å². The molecule has 0 amide bonds. The number of hydrogen-bond donors (Lipinski definition) is 1. The number of aryl methyl sites for hydroxylation is 2. The Hall–Kier alpha value is -0.910. The first kappa shape index (κ1) is 14.0. The monoisotopic (exact) mass is 311 g/mol. The molecule has 1 N–H and O–H groups in total. The summed E-state index contributed by atoms with van der Waals surface area (Å²) in [5, 5.41) is 4.88. The highest BCUT2D eigenvalue weighted by atomic mass is 35.5. The minimum Gasteiger partial charge on any atom is -0.382 e. The van der Waals surface area contributed by atoms with Crippen molar-refractivity contribution in [2.24, 2.45) is 0 Å². The van der Waals surface area contributed by atoms with Crippen LogP contribution in [0.25, 0.3) is 10.2 Å². The largest absolute Gasteiger partial charge is 0.382 e. The fourth-order valence-electron chi connectivity index (χ4n) is 2.55. The molecule has 0 aromatic carbocycles. The number of halogens is 1. The summed E-state index contributed by atoms with van der Waals surface area (Å²) >= 11 is 8.10. The van der Waals surface area contributed by atoms with Crippen LogP contribution in [0.1, 0.15) is 30.2 Å². The zero-order valence-corrected chi connectivity index (χ0v) is 13.1. The number of aromatic nitrogens is 2. The average molecular weight is 312 g/mol. The molecule has 0 fully saturated rings. The van der Waals surface area contributed by atoms with Crippen molar-refractivity contribution < 1.29 is 4.74 Å². The Balaban J connectivity index is 1.74. The van der Waals surface area contributed by atoms with Crippen LogP contribution in [-0.2, 0) is 17.6 Å². The maximum atomic E-state index is 6.34. The molecule has 3 rings (SSSR count). The first-order valence-electron chi connectivity index (χ1n) is 7.09. The fraction of sp³-hybridized carbons (Fsp3) is 0.571. The van der Waals surface area contributed by atoms with E-state index in [9.17, 15) is 0 Å². The summed E-state index contributed by atoms with van der Waals surface area (Å²) in [7, 11) is 0. The van der Waals surface area contributed by atoms with E-state index in [0.717, 1.165) is 49.2 Å². The topological polar surface area (TPSA) is 47.0 Å². The van der Waals surface area contributed by atoms with Gasteiger partial charge in [-0.2, -0.15) is 0 Å². The van der Waals surface area contributed by atoms with Gasteiger partial charge in [-0.15, -0.1) is 11.3 Å². The number of nitrogens with one attached hydrogen (secondary N) is 1. The Morgan fingerprint density at radius 2 is 2.25 bits per heavy atom. The molecule has 0 atom stereocenters. The minimum atomic E-state index is 0.585. The molecule has 1 aliphatic rings. The zero-order chi connectivity index (χ0) is 13.9. The second-order valence-electron chi connectivity index (χ2n) is 4.85. The van der Waals surface area contributed by atoms with Crippen LogP contribution < -0.4 is 5.32 Å². The van der Waals surface area contributed by atoms with Crippen LogP contribution in [0.5, 0.6) is 0 Å². The van der Waals surface area contributed by atoms with E-state index in [0.29, 0.717) is 11.1 Å². The Kier molecular flexibility index (Phi) is 4.38. The van der Waals surface area contributed by atoms with Crippen molar-refractivity contribution in [3.63, 3.8) is 0 Å². The molecule has 1 aliphatic carbocycles. The van der Waals surface area contributed by atoms with Crippen molar-refractivity contribution >= 4 is 39.1 Å². The van der Waals surface area contributed by atoms with Gasteiger partial charge in [-0.25, -0.2) is 9.97 Å². The van der Waals surface area contributed by atoms with Crippen LogP contribution in [-0.4, -0.2) is 29.7 Å². The highest BCUT2D eigenvalue weighted by molar-refractivity contribution is 7.19. The summed E-state index contributed by atoms with van der Waals surface area (Å²) < 4.78 is 5.30. The number of rotatable bonds is 6. The van der Waals surface area contributed by atoms with E-state index in [1.807, 2.05) is 6.92 Å².